The summed E-state index contributed by atoms with van der Waals surface area (Å²) in [7, 11) is 5.64. The van der Waals surface area contributed by atoms with Gasteiger partial charge in [0.15, 0.2) is 5.13 Å². The average molecular weight is 384 g/mol. The van der Waals surface area contributed by atoms with Gasteiger partial charge in [-0.25, -0.2) is 14.2 Å². The van der Waals surface area contributed by atoms with Crippen molar-refractivity contribution in [3.05, 3.63) is 71.0 Å². The van der Waals surface area contributed by atoms with Crippen LogP contribution in [0.2, 0.25) is 0 Å². The smallest absolute Gasteiger partial charge is 0.327 e. The van der Waals surface area contributed by atoms with Gasteiger partial charge in [-0.15, -0.1) is 11.3 Å². The van der Waals surface area contributed by atoms with Gasteiger partial charge in [0.2, 0.25) is 0 Å². The van der Waals surface area contributed by atoms with Crippen molar-refractivity contribution in [3.63, 3.8) is 0 Å². The van der Waals surface area contributed by atoms with E-state index in [1.807, 2.05) is 49.3 Å². The normalized spacial score (nSPS) is 10.5. The molecule has 1 aromatic heterocycles. The average Bonchev–Trinajstić information content (AvgIpc) is 3.08. The van der Waals surface area contributed by atoms with E-state index in [2.05, 4.69) is 10.3 Å². The predicted molar refractivity (Wildman–Crippen MR) is 110 cm³/mol. The summed E-state index contributed by atoms with van der Waals surface area (Å²) in [5.41, 5.74) is 2.72. The molecular weight excluding hydrogens is 363 g/mol. The third kappa shape index (κ3) is 4.83. The standard InChI is InChI=1S/C20H21FN4OS/c1-24(2)16-7-9-17(10-8-16)25(3)20(26)23-19-22-13-18(27-19)12-14-5-4-6-15(21)11-14/h4-11,13H,12H2,1-3H3,(H,22,23,26). The summed E-state index contributed by atoms with van der Waals surface area (Å²) in [5, 5.41) is 3.32. The lowest BCUT2D eigenvalue weighted by atomic mass is 10.1. The Morgan fingerprint density at radius 3 is 2.48 bits per heavy atom. The molecule has 1 heterocycles. The van der Waals surface area contributed by atoms with Crippen molar-refractivity contribution >= 4 is 33.9 Å². The lowest BCUT2D eigenvalue weighted by molar-refractivity contribution is 0.258. The Morgan fingerprint density at radius 2 is 1.81 bits per heavy atom. The molecule has 0 aliphatic rings. The Bertz CT molecular complexity index is 924. The summed E-state index contributed by atoms with van der Waals surface area (Å²) in [4.78, 5) is 21.2. The Kier molecular flexibility index (Phi) is 5.71. The number of carbonyl (C=O) groups is 1. The highest BCUT2D eigenvalue weighted by Gasteiger charge is 2.13. The first-order chi connectivity index (χ1) is 12.9. The quantitative estimate of drug-likeness (QED) is 0.699. The zero-order valence-electron chi connectivity index (χ0n) is 15.4. The van der Waals surface area contributed by atoms with Crippen molar-refractivity contribution in [1.29, 1.82) is 0 Å². The van der Waals surface area contributed by atoms with Gasteiger partial charge in [-0.1, -0.05) is 12.1 Å². The summed E-state index contributed by atoms with van der Waals surface area (Å²) in [5.74, 6) is -0.257. The molecule has 0 unspecified atom stereocenters. The number of nitrogens with zero attached hydrogens (tertiary/aromatic N) is 3. The zero-order valence-corrected chi connectivity index (χ0v) is 16.3. The van der Waals surface area contributed by atoms with Crippen LogP contribution in [0.1, 0.15) is 10.4 Å². The lowest BCUT2D eigenvalue weighted by Gasteiger charge is -2.19. The van der Waals surface area contributed by atoms with E-state index in [0.29, 0.717) is 11.6 Å². The van der Waals surface area contributed by atoms with Crippen LogP contribution in [0, 0.1) is 5.82 Å². The number of urea groups is 1. The number of amides is 2. The van der Waals surface area contributed by atoms with E-state index in [-0.39, 0.29) is 11.8 Å². The zero-order chi connectivity index (χ0) is 19.4. The molecule has 140 valence electrons. The first-order valence-corrected chi connectivity index (χ1v) is 9.25. The second kappa shape index (κ2) is 8.18. The van der Waals surface area contributed by atoms with Crippen molar-refractivity contribution < 1.29 is 9.18 Å². The SMILES string of the molecule is CN(C)c1ccc(N(C)C(=O)Nc2ncc(Cc3cccc(F)c3)s2)cc1. The Morgan fingerprint density at radius 1 is 1.11 bits per heavy atom. The van der Waals surface area contributed by atoms with Gasteiger partial charge < -0.3 is 4.90 Å². The van der Waals surface area contributed by atoms with Gasteiger partial charge in [0.25, 0.3) is 0 Å². The molecule has 1 N–H and O–H groups in total. The fourth-order valence-electron chi connectivity index (χ4n) is 2.56. The molecule has 0 bridgehead atoms. The minimum Gasteiger partial charge on any atom is -0.378 e. The number of anilines is 3. The van der Waals surface area contributed by atoms with E-state index in [9.17, 15) is 9.18 Å². The molecule has 0 radical (unpaired) electrons. The number of hydrogen-bond acceptors (Lipinski definition) is 4. The largest absolute Gasteiger partial charge is 0.378 e. The molecule has 2 amide bonds. The van der Waals surface area contributed by atoms with Crippen molar-refractivity contribution in [2.24, 2.45) is 0 Å². The van der Waals surface area contributed by atoms with Crippen molar-refractivity contribution in [3.8, 4) is 0 Å². The molecular formula is C20H21FN4OS. The Labute approximate surface area is 162 Å². The minimum atomic E-state index is -0.265. The highest BCUT2D eigenvalue weighted by molar-refractivity contribution is 7.15. The molecule has 2 aromatic carbocycles. The third-order valence-electron chi connectivity index (χ3n) is 4.09. The molecule has 3 rings (SSSR count). The van der Waals surface area contributed by atoms with E-state index < -0.39 is 0 Å². The number of aromatic nitrogens is 1. The maximum atomic E-state index is 13.3. The number of hydrogen-bond donors (Lipinski definition) is 1. The molecule has 0 saturated carbocycles. The van der Waals surface area contributed by atoms with Crippen molar-refractivity contribution in [1.82, 2.24) is 4.98 Å². The molecule has 7 heteroatoms. The van der Waals surface area contributed by atoms with Crippen molar-refractivity contribution in [2.75, 3.05) is 36.3 Å². The summed E-state index contributed by atoms with van der Waals surface area (Å²) >= 11 is 1.38. The van der Waals surface area contributed by atoms with E-state index >= 15 is 0 Å². The van der Waals surface area contributed by atoms with Crippen LogP contribution in [-0.2, 0) is 6.42 Å². The van der Waals surface area contributed by atoms with Gasteiger partial charge in [-0.05, 0) is 42.0 Å². The van der Waals surface area contributed by atoms with Crippen molar-refractivity contribution in [2.45, 2.75) is 6.42 Å². The number of halogens is 1. The molecule has 0 aliphatic heterocycles. The van der Waals surface area contributed by atoms with Crippen LogP contribution in [0.15, 0.2) is 54.7 Å². The topological polar surface area (TPSA) is 48.5 Å². The molecule has 5 nitrogen and oxygen atoms in total. The predicted octanol–water partition coefficient (Wildman–Crippen LogP) is 4.61. The maximum absolute atomic E-state index is 13.3. The molecule has 0 spiro atoms. The summed E-state index contributed by atoms with van der Waals surface area (Å²) in [6.45, 7) is 0. The van der Waals surface area contributed by atoms with Crippen LogP contribution in [0.5, 0.6) is 0 Å². The van der Waals surface area contributed by atoms with E-state index in [1.165, 1.54) is 28.4 Å². The van der Waals surface area contributed by atoms with E-state index in [4.69, 9.17) is 0 Å². The van der Waals surface area contributed by atoms with E-state index in [0.717, 1.165) is 21.8 Å². The molecule has 0 aliphatic carbocycles. The highest BCUT2D eigenvalue weighted by Crippen LogP contribution is 2.23. The fraction of sp³-hybridized carbons (Fsp3) is 0.200. The van der Waals surface area contributed by atoms with Crippen LogP contribution >= 0.6 is 11.3 Å². The second-order valence-corrected chi connectivity index (χ2v) is 7.45. The van der Waals surface area contributed by atoms with Gasteiger partial charge in [-0.3, -0.25) is 10.2 Å². The van der Waals surface area contributed by atoms with Crippen LogP contribution in [0.25, 0.3) is 0 Å². The molecule has 3 aromatic rings. The van der Waals surface area contributed by atoms with E-state index in [1.54, 1.807) is 19.3 Å². The fourth-order valence-corrected chi connectivity index (χ4v) is 3.40. The van der Waals surface area contributed by atoms with Crippen LogP contribution in [0.4, 0.5) is 25.7 Å². The summed E-state index contributed by atoms with van der Waals surface area (Å²) < 4.78 is 13.3. The van der Waals surface area contributed by atoms with Gasteiger partial charge in [-0.2, -0.15) is 0 Å². The molecule has 0 atom stereocenters. The molecule has 0 fully saturated rings. The van der Waals surface area contributed by atoms with Crippen LogP contribution < -0.4 is 15.1 Å². The third-order valence-corrected chi connectivity index (χ3v) is 5.01. The monoisotopic (exact) mass is 384 g/mol. The number of benzene rings is 2. The maximum Gasteiger partial charge on any atom is 0.327 e. The summed E-state index contributed by atoms with van der Waals surface area (Å²) in [6.07, 6.45) is 2.28. The van der Waals surface area contributed by atoms with Crippen LogP contribution in [-0.4, -0.2) is 32.2 Å². The lowest BCUT2D eigenvalue weighted by Crippen LogP contribution is -2.31. The first-order valence-electron chi connectivity index (χ1n) is 8.43. The molecule has 27 heavy (non-hydrogen) atoms. The number of carbonyl (C=O) groups excluding carboxylic acids is 1. The molecule has 0 saturated heterocycles. The summed E-state index contributed by atoms with van der Waals surface area (Å²) in [6, 6.07) is 13.9. The second-order valence-electron chi connectivity index (χ2n) is 6.34. The number of thiazole rings is 1. The number of rotatable bonds is 5. The highest BCUT2D eigenvalue weighted by atomic mass is 32.1. The Hall–Kier alpha value is -2.93. The first kappa shape index (κ1) is 18.8. The van der Waals surface area contributed by atoms with Gasteiger partial charge in [0, 0.05) is 50.0 Å². The minimum absolute atomic E-state index is 0.257. The number of nitrogens with one attached hydrogen (secondary N) is 1. The Balaban J connectivity index is 1.63. The van der Waals surface area contributed by atoms with Gasteiger partial charge in [0.1, 0.15) is 5.82 Å². The van der Waals surface area contributed by atoms with Crippen LogP contribution in [0.3, 0.4) is 0 Å². The van der Waals surface area contributed by atoms with Gasteiger partial charge in [0.05, 0.1) is 0 Å². The van der Waals surface area contributed by atoms with Gasteiger partial charge >= 0.3 is 6.03 Å².